The zero-order valence-corrected chi connectivity index (χ0v) is 13.4. The molecular formula is C16H30O4. The van der Waals surface area contributed by atoms with Gasteiger partial charge in [-0.25, -0.2) is 0 Å². The number of hydrogen-bond donors (Lipinski definition) is 0. The molecule has 0 aliphatic heterocycles. The third-order valence-corrected chi connectivity index (χ3v) is 3.41. The van der Waals surface area contributed by atoms with Crippen LogP contribution in [0.25, 0.3) is 0 Å². The molecule has 0 amide bonds. The van der Waals surface area contributed by atoms with Crippen molar-refractivity contribution in [3.05, 3.63) is 0 Å². The lowest BCUT2D eigenvalue weighted by molar-refractivity contribution is -0.145. The molecule has 0 spiro atoms. The van der Waals surface area contributed by atoms with Crippen molar-refractivity contribution in [2.24, 2.45) is 11.8 Å². The Bertz CT molecular complexity index is 250. The van der Waals surface area contributed by atoms with Crippen LogP contribution in [0.15, 0.2) is 0 Å². The Morgan fingerprint density at radius 3 is 1.65 bits per heavy atom. The van der Waals surface area contributed by atoms with Gasteiger partial charge in [-0.05, 0) is 44.9 Å². The van der Waals surface area contributed by atoms with Gasteiger partial charge in [-0.1, -0.05) is 20.3 Å². The molecule has 1 aliphatic carbocycles. The zero-order chi connectivity index (χ0) is 15.4. The number of hydrogen-bond acceptors (Lipinski definition) is 4. The average molecular weight is 286 g/mol. The Balaban J connectivity index is 0.00000172. The normalized spacial score (nSPS) is 21.4. The van der Waals surface area contributed by atoms with Gasteiger partial charge in [0.15, 0.2) is 0 Å². The van der Waals surface area contributed by atoms with E-state index < -0.39 is 0 Å². The van der Waals surface area contributed by atoms with E-state index in [1.165, 1.54) is 0 Å². The van der Waals surface area contributed by atoms with Crippen molar-refractivity contribution >= 4 is 11.9 Å². The fraction of sp³-hybridized carbons (Fsp3) is 0.875. The standard InChI is InChI=1S/C14H24O4.C2H6/c1-3-17-13(15)9-11-6-5-7-12(8-11)10-14(16)18-4-2;1-2/h11-12H,3-10H2,1-2H3;1-2H3/t11-,12+;. The summed E-state index contributed by atoms with van der Waals surface area (Å²) in [4.78, 5) is 22.9. The van der Waals surface area contributed by atoms with Crippen LogP contribution in [0.1, 0.15) is 66.2 Å². The quantitative estimate of drug-likeness (QED) is 0.698. The van der Waals surface area contributed by atoms with Crippen LogP contribution in [0.2, 0.25) is 0 Å². The molecule has 0 heterocycles. The van der Waals surface area contributed by atoms with Crippen LogP contribution >= 0.6 is 0 Å². The first-order valence-electron chi connectivity index (χ1n) is 7.96. The number of carbonyl (C=O) groups excluding carboxylic acids is 2. The monoisotopic (exact) mass is 286 g/mol. The lowest BCUT2D eigenvalue weighted by Crippen LogP contribution is -2.22. The van der Waals surface area contributed by atoms with Gasteiger partial charge in [-0.3, -0.25) is 9.59 Å². The summed E-state index contributed by atoms with van der Waals surface area (Å²) in [5, 5.41) is 0. The van der Waals surface area contributed by atoms with Crippen LogP contribution < -0.4 is 0 Å². The van der Waals surface area contributed by atoms with E-state index in [-0.39, 0.29) is 11.9 Å². The van der Waals surface area contributed by atoms with Gasteiger partial charge in [-0.2, -0.15) is 0 Å². The summed E-state index contributed by atoms with van der Waals surface area (Å²) in [6.45, 7) is 8.53. The van der Waals surface area contributed by atoms with Gasteiger partial charge < -0.3 is 9.47 Å². The second-order valence-electron chi connectivity index (χ2n) is 4.92. The molecule has 118 valence electrons. The van der Waals surface area contributed by atoms with Crippen LogP contribution in [-0.4, -0.2) is 25.2 Å². The van der Waals surface area contributed by atoms with Gasteiger partial charge in [0.05, 0.1) is 13.2 Å². The van der Waals surface area contributed by atoms with Gasteiger partial charge in [-0.15, -0.1) is 0 Å². The summed E-state index contributed by atoms with van der Waals surface area (Å²) >= 11 is 0. The molecular weight excluding hydrogens is 256 g/mol. The Morgan fingerprint density at radius 2 is 1.30 bits per heavy atom. The Labute approximate surface area is 123 Å². The van der Waals surface area contributed by atoms with Crippen LogP contribution in [0.3, 0.4) is 0 Å². The Morgan fingerprint density at radius 1 is 0.900 bits per heavy atom. The predicted octanol–water partition coefficient (Wildman–Crippen LogP) is 3.73. The molecule has 0 unspecified atom stereocenters. The third kappa shape index (κ3) is 8.18. The SMILES string of the molecule is CC.CCOC(=O)C[C@H]1CCC[C@@H](CC(=O)OCC)C1. The Kier molecular flexibility index (Phi) is 11.1. The molecule has 0 aromatic carbocycles. The minimum atomic E-state index is -0.112. The van der Waals surface area contributed by atoms with E-state index in [0.717, 1.165) is 25.7 Å². The van der Waals surface area contributed by atoms with Crippen LogP contribution in [0.5, 0.6) is 0 Å². The highest BCUT2D eigenvalue weighted by atomic mass is 16.5. The highest BCUT2D eigenvalue weighted by molar-refractivity contribution is 5.70. The fourth-order valence-corrected chi connectivity index (χ4v) is 2.68. The van der Waals surface area contributed by atoms with Crippen LogP contribution in [0, 0.1) is 11.8 Å². The van der Waals surface area contributed by atoms with Crippen molar-refractivity contribution in [2.75, 3.05) is 13.2 Å². The van der Waals surface area contributed by atoms with Crippen LogP contribution in [0.4, 0.5) is 0 Å². The molecule has 1 saturated carbocycles. The molecule has 4 nitrogen and oxygen atoms in total. The fourth-order valence-electron chi connectivity index (χ4n) is 2.68. The second-order valence-corrected chi connectivity index (χ2v) is 4.92. The summed E-state index contributed by atoms with van der Waals surface area (Å²) < 4.78 is 9.94. The van der Waals surface area contributed by atoms with E-state index in [1.54, 1.807) is 0 Å². The van der Waals surface area contributed by atoms with E-state index in [4.69, 9.17) is 9.47 Å². The molecule has 0 aromatic heterocycles. The van der Waals surface area contributed by atoms with Gasteiger partial charge in [0.2, 0.25) is 0 Å². The summed E-state index contributed by atoms with van der Waals surface area (Å²) in [7, 11) is 0. The first kappa shape index (κ1) is 18.9. The molecule has 1 fully saturated rings. The lowest BCUT2D eigenvalue weighted by atomic mass is 9.78. The molecule has 0 bridgehead atoms. The molecule has 2 atom stereocenters. The van der Waals surface area contributed by atoms with Crippen molar-refractivity contribution in [2.45, 2.75) is 66.2 Å². The van der Waals surface area contributed by atoms with E-state index in [1.807, 2.05) is 27.7 Å². The van der Waals surface area contributed by atoms with Gasteiger partial charge >= 0.3 is 11.9 Å². The van der Waals surface area contributed by atoms with Crippen LogP contribution in [-0.2, 0) is 19.1 Å². The topological polar surface area (TPSA) is 52.6 Å². The smallest absolute Gasteiger partial charge is 0.306 e. The zero-order valence-electron chi connectivity index (χ0n) is 13.4. The maximum atomic E-state index is 11.4. The molecule has 0 radical (unpaired) electrons. The number of rotatable bonds is 6. The van der Waals surface area contributed by atoms with E-state index >= 15 is 0 Å². The van der Waals surface area contributed by atoms with Crippen molar-refractivity contribution < 1.29 is 19.1 Å². The minimum Gasteiger partial charge on any atom is -0.466 e. The molecule has 1 rings (SSSR count). The van der Waals surface area contributed by atoms with E-state index in [2.05, 4.69) is 0 Å². The summed E-state index contributed by atoms with van der Waals surface area (Å²) in [6, 6.07) is 0. The molecule has 20 heavy (non-hydrogen) atoms. The maximum absolute atomic E-state index is 11.4. The van der Waals surface area contributed by atoms with Crippen molar-refractivity contribution in [3.8, 4) is 0 Å². The first-order chi connectivity index (χ1) is 9.65. The van der Waals surface area contributed by atoms with Gasteiger partial charge in [0.1, 0.15) is 0 Å². The molecule has 0 N–H and O–H groups in total. The maximum Gasteiger partial charge on any atom is 0.306 e. The molecule has 4 heteroatoms. The minimum absolute atomic E-state index is 0.112. The van der Waals surface area contributed by atoms with Gasteiger partial charge in [0, 0.05) is 12.8 Å². The summed E-state index contributed by atoms with van der Waals surface area (Å²) in [6.07, 6.45) is 5.16. The highest BCUT2D eigenvalue weighted by Gasteiger charge is 2.26. The van der Waals surface area contributed by atoms with Crippen molar-refractivity contribution in [1.29, 1.82) is 0 Å². The largest absolute Gasteiger partial charge is 0.466 e. The van der Waals surface area contributed by atoms with Gasteiger partial charge in [0.25, 0.3) is 0 Å². The number of carbonyl (C=O) groups is 2. The Hall–Kier alpha value is -1.06. The third-order valence-electron chi connectivity index (χ3n) is 3.41. The number of ether oxygens (including phenoxy) is 2. The summed E-state index contributed by atoms with van der Waals surface area (Å²) in [5.74, 6) is 0.521. The summed E-state index contributed by atoms with van der Waals surface area (Å²) in [5.41, 5.74) is 0. The van der Waals surface area contributed by atoms with E-state index in [0.29, 0.717) is 37.9 Å². The predicted molar refractivity (Wildman–Crippen MR) is 79.3 cm³/mol. The highest BCUT2D eigenvalue weighted by Crippen LogP contribution is 2.33. The lowest BCUT2D eigenvalue weighted by Gasteiger charge is -2.27. The average Bonchev–Trinajstić information content (AvgIpc) is 2.41. The van der Waals surface area contributed by atoms with E-state index in [9.17, 15) is 9.59 Å². The van der Waals surface area contributed by atoms with Crippen molar-refractivity contribution in [3.63, 3.8) is 0 Å². The molecule has 0 aromatic rings. The molecule has 1 aliphatic rings. The molecule has 0 saturated heterocycles. The van der Waals surface area contributed by atoms with Crippen molar-refractivity contribution in [1.82, 2.24) is 0 Å². The number of esters is 2. The second kappa shape index (κ2) is 11.7. The first-order valence-corrected chi connectivity index (χ1v) is 7.96.